The zero-order chi connectivity index (χ0) is 28.4. The normalized spacial score (nSPS) is 10.0. The minimum atomic E-state index is 0.769. The fourth-order valence-corrected chi connectivity index (χ4v) is 4.25. The van der Waals surface area contributed by atoms with E-state index in [9.17, 15) is 0 Å². The Morgan fingerprint density at radius 3 is 0.833 bits per heavy atom. The molecule has 6 aromatic carbocycles. The minimum absolute atomic E-state index is 0.769. The molecule has 0 atom stereocenters. The molecular weight excluding hydrogens is 512 g/mol. The van der Waals surface area contributed by atoms with Crippen LogP contribution < -0.4 is 9.47 Å². The van der Waals surface area contributed by atoms with Gasteiger partial charge in [0.15, 0.2) is 0 Å². The second-order valence-electron chi connectivity index (χ2n) is 9.53. The Morgan fingerprint density at radius 2 is 0.524 bits per heavy atom. The first-order valence-corrected chi connectivity index (χ1v) is 13.7. The third-order valence-corrected chi connectivity index (χ3v) is 6.47. The summed E-state index contributed by atoms with van der Waals surface area (Å²) in [5.74, 6) is 15.8. The molecule has 42 heavy (non-hydrogen) atoms. The van der Waals surface area contributed by atoms with Crippen LogP contribution >= 0.6 is 0 Å². The van der Waals surface area contributed by atoms with Gasteiger partial charge in [0.25, 0.3) is 0 Å². The average molecular weight is 539 g/mol. The lowest BCUT2D eigenvalue weighted by atomic mass is 10.1. The molecule has 0 aliphatic heterocycles. The number of rotatable bonds is 5. The van der Waals surface area contributed by atoms with E-state index in [2.05, 4.69) is 47.9 Å². The molecule has 0 saturated carbocycles. The summed E-state index contributed by atoms with van der Waals surface area (Å²) in [4.78, 5) is 0. The highest BCUT2D eigenvalue weighted by Gasteiger charge is 2.03. The van der Waals surface area contributed by atoms with Crippen molar-refractivity contribution in [2.45, 2.75) is 0 Å². The van der Waals surface area contributed by atoms with Crippen LogP contribution in [0.4, 0.5) is 0 Å². The first kappa shape index (κ1) is 26.3. The van der Waals surface area contributed by atoms with Gasteiger partial charge in [-0.05, 0) is 108 Å². The Labute approximate surface area is 246 Å². The molecule has 6 aromatic rings. The Balaban J connectivity index is 1.04. The molecular formula is C40H26O2. The molecule has 0 aliphatic carbocycles. The monoisotopic (exact) mass is 538 g/mol. The van der Waals surface area contributed by atoms with Gasteiger partial charge < -0.3 is 9.47 Å². The number of hydrogen-bond acceptors (Lipinski definition) is 2. The van der Waals surface area contributed by atoms with Gasteiger partial charge in [-0.2, -0.15) is 0 Å². The molecule has 0 aliphatic rings. The maximum atomic E-state index is 6.04. The molecule has 0 radical (unpaired) electrons. The van der Waals surface area contributed by atoms with E-state index < -0.39 is 0 Å². The molecule has 0 heterocycles. The summed E-state index contributed by atoms with van der Waals surface area (Å²) in [7, 11) is 0. The van der Waals surface area contributed by atoms with Crippen molar-refractivity contribution in [3.8, 4) is 57.8 Å². The minimum Gasteiger partial charge on any atom is -0.457 e. The summed E-state index contributed by atoms with van der Waals surface area (Å²) in [6.07, 6.45) is 0. The van der Waals surface area contributed by atoms with Crippen LogP contribution in [0.25, 0.3) is 11.1 Å². The first-order valence-electron chi connectivity index (χ1n) is 13.7. The van der Waals surface area contributed by atoms with Gasteiger partial charge in [0.05, 0.1) is 0 Å². The standard InChI is InChI=1S/C40H26O2/c1-3-7-31(8-4-1)11-13-33-15-23-37(24-16-33)41-39-27-19-35(20-28-39)36-21-29-40(30-22-36)42-38-25-17-34(18-26-38)14-12-32-9-5-2-6-10-32/h1-10,15-30H. The van der Waals surface area contributed by atoms with Gasteiger partial charge in [0.2, 0.25) is 0 Å². The van der Waals surface area contributed by atoms with Crippen LogP contribution in [0.3, 0.4) is 0 Å². The van der Waals surface area contributed by atoms with Gasteiger partial charge in [0, 0.05) is 22.3 Å². The first-order chi connectivity index (χ1) is 20.8. The van der Waals surface area contributed by atoms with Crippen molar-refractivity contribution in [1.29, 1.82) is 0 Å². The van der Waals surface area contributed by atoms with Crippen LogP contribution in [-0.2, 0) is 0 Å². The Hall–Kier alpha value is -5.96. The molecule has 0 saturated heterocycles. The highest BCUT2D eigenvalue weighted by molar-refractivity contribution is 5.65. The van der Waals surface area contributed by atoms with Crippen LogP contribution in [0.1, 0.15) is 22.3 Å². The molecule has 0 spiro atoms. The van der Waals surface area contributed by atoms with Crippen molar-refractivity contribution in [2.24, 2.45) is 0 Å². The zero-order valence-corrected chi connectivity index (χ0v) is 22.8. The maximum absolute atomic E-state index is 6.04. The van der Waals surface area contributed by atoms with Crippen LogP contribution in [0, 0.1) is 23.7 Å². The van der Waals surface area contributed by atoms with Crippen molar-refractivity contribution in [2.75, 3.05) is 0 Å². The highest BCUT2D eigenvalue weighted by atomic mass is 16.5. The topological polar surface area (TPSA) is 18.5 Å². The smallest absolute Gasteiger partial charge is 0.127 e. The maximum Gasteiger partial charge on any atom is 0.127 e. The lowest BCUT2D eigenvalue weighted by molar-refractivity contribution is 0.482. The van der Waals surface area contributed by atoms with Crippen molar-refractivity contribution in [3.63, 3.8) is 0 Å². The van der Waals surface area contributed by atoms with E-state index in [0.717, 1.165) is 56.4 Å². The van der Waals surface area contributed by atoms with Crippen molar-refractivity contribution >= 4 is 0 Å². The molecule has 0 N–H and O–H groups in total. The summed E-state index contributed by atoms with van der Waals surface area (Å²) in [5.41, 5.74) is 6.08. The Kier molecular flexibility index (Phi) is 8.09. The van der Waals surface area contributed by atoms with Crippen LogP contribution in [0.2, 0.25) is 0 Å². The van der Waals surface area contributed by atoms with Gasteiger partial charge in [-0.1, -0.05) is 84.3 Å². The summed E-state index contributed by atoms with van der Waals surface area (Å²) >= 11 is 0. The van der Waals surface area contributed by atoms with Crippen molar-refractivity contribution in [3.05, 3.63) is 180 Å². The van der Waals surface area contributed by atoms with Gasteiger partial charge in [-0.15, -0.1) is 0 Å². The van der Waals surface area contributed by atoms with Crippen molar-refractivity contribution < 1.29 is 9.47 Å². The van der Waals surface area contributed by atoms with E-state index in [1.807, 2.05) is 133 Å². The molecule has 2 heteroatoms. The lowest BCUT2D eigenvalue weighted by Gasteiger charge is -2.09. The van der Waals surface area contributed by atoms with E-state index in [1.54, 1.807) is 0 Å². The number of hydrogen-bond donors (Lipinski definition) is 0. The summed E-state index contributed by atoms with van der Waals surface area (Å²) in [6, 6.07) is 51.7. The third kappa shape index (κ3) is 7.16. The third-order valence-electron chi connectivity index (χ3n) is 6.47. The lowest BCUT2D eigenvalue weighted by Crippen LogP contribution is -1.86. The predicted molar refractivity (Wildman–Crippen MR) is 170 cm³/mol. The Bertz CT molecular complexity index is 1720. The van der Waals surface area contributed by atoms with Gasteiger partial charge in [0.1, 0.15) is 23.0 Å². The molecule has 0 unspecified atom stereocenters. The van der Waals surface area contributed by atoms with Crippen molar-refractivity contribution in [1.82, 2.24) is 0 Å². The fraction of sp³-hybridized carbons (Fsp3) is 0. The van der Waals surface area contributed by atoms with Gasteiger partial charge in [-0.25, -0.2) is 0 Å². The second kappa shape index (κ2) is 12.9. The van der Waals surface area contributed by atoms with E-state index in [-0.39, 0.29) is 0 Å². The molecule has 0 fully saturated rings. The van der Waals surface area contributed by atoms with E-state index in [4.69, 9.17) is 9.47 Å². The number of ether oxygens (including phenoxy) is 2. The molecule has 6 rings (SSSR count). The highest BCUT2D eigenvalue weighted by Crippen LogP contribution is 2.29. The van der Waals surface area contributed by atoms with Crippen LogP contribution in [0.5, 0.6) is 23.0 Å². The second-order valence-corrected chi connectivity index (χ2v) is 9.53. The van der Waals surface area contributed by atoms with E-state index in [0.29, 0.717) is 0 Å². The largest absolute Gasteiger partial charge is 0.457 e. The fourth-order valence-electron chi connectivity index (χ4n) is 4.25. The summed E-state index contributed by atoms with van der Waals surface area (Å²) < 4.78 is 12.1. The quantitative estimate of drug-likeness (QED) is 0.203. The molecule has 0 bridgehead atoms. The zero-order valence-electron chi connectivity index (χ0n) is 22.8. The molecule has 198 valence electrons. The SMILES string of the molecule is C(#Cc1ccc(Oc2ccc(-c3ccc(Oc4ccc(C#Cc5ccccc5)cc4)cc3)cc2)cc1)c1ccccc1. The predicted octanol–water partition coefficient (Wildman–Crippen LogP) is 9.74. The van der Waals surface area contributed by atoms with Gasteiger partial charge >= 0.3 is 0 Å². The van der Waals surface area contributed by atoms with Crippen LogP contribution in [-0.4, -0.2) is 0 Å². The molecule has 0 aromatic heterocycles. The average Bonchev–Trinajstić information content (AvgIpc) is 3.06. The summed E-state index contributed by atoms with van der Waals surface area (Å²) in [5, 5.41) is 0. The van der Waals surface area contributed by atoms with Gasteiger partial charge in [-0.3, -0.25) is 0 Å². The number of benzene rings is 6. The van der Waals surface area contributed by atoms with E-state index in [1.165, 1.54) is 0 Å². The molecule has 2 nitrogen and oxygen atoms in total. The van der Waals surface area contributed by atoms with E-state index >= 15 is 0 Å². The summed E-state index contributed by atoms with van der Waals surface area (Å²) in [6.45, 7) is 0. The van der Waals surface area contributed by atoms with Crippen LogP contribution in [0.15, 0.2) is 158 Å². The Morgan fingerprint density at radius 1 is 0.262 bits per heavy atom. The molecule has 0 amide bonds.